The van der Waals surface area contributed by atoms with Crippen molar-refractivity contribution >= 4 is 23.2 Å². The quantitative estimate of drug-likeness (QED) is 0.597. The van der Waals surface area contributed by atoms with E-state index < -0.39 is 6.10 Å². The van der Waals surface area contributed by atoms with E-state index in [0.29, 0.717) is 12.2 Å². The second-order valence-corrected chi connectivity index (χ2v) is 5.26. The third-order valence-corrected chi connectivity index (χ3v) is 3.42. The number of esters is 1. The Labute approximate surface area is 135 Å². The summed E-state index contributed by atoms with van der Waals surface area (Å²) >= 11 is 5.29. The standard InChI is InChI=1S/C18H18O3S/c1-14(19)20-17(13-12-15-8-4-2-5-9-15)18(22)21-16-10-6-3-7-11-16/h2-11,17H,12-13H2,1H3. The number of para-hydroxylation sites is 1. The van der Waals surface area contributed by atoms with E-state index >= 15 is 0 Å². The van der Waals surface area contributed by atoms with Crippen LogP contribution in [-0.2, 0) is 16.0 Å². The van der Waals surface area contributed by atoms with E-state index in [9.17, 15) is 4.79 Å². The molecule has 0 amide bonds. The summed E-state index contributed by atoms with van der Waals surface area (Å²) in [4.78, 5) is 11.3. The zero-order chi connectivity index (χ0) is 15.8. The molecule has 2 aromatic rings. The van der Waals surface area contributed by atoms with E-state index in [1.807, 2.05) is 60.7 Å². The highest BCUT2D eigenvalue weighted by atomic mass is 32.1. The largest absolute Gasteiger partial charge is 0.453 e. The van der Waals surface area contributed by atoms with E-state index in [1.165, 1.54) is 12.5 Å². The summed E-state index contributed by atoms with van der Waals surface area (Å²) in [5.74, 6) is 0.279. The molecule has 0 radical (unpaired) electrons. The molecule has 0 saturated heterocycles. The zero-order valence-corrected chi connectivity index (χ0v) is 13.2. The van der Waals surface area contributed by atoms with Gasteiger partial charge in [-0.2, -0.15) is 0 Å². The van der Waals surface area contributed by atoms with E-state index in [4.69, 9.17) is 21.7 Å². The van der Waals surface area contributed by atoms with Crippen LogP contribution >= 0.6 is 12.2 Å². The SMILES string of the molecule is CC(=O)OC(CCc1ccccc1)C(=S)Oc1ccccc1. The Hall–Kier alpha value is -2.20. The number of thiocarbonyl (C=S) groups is 1. The van der Waals surface area contributed by atoms with Crippen LogP contribution in [0.4, 0.5) is 0 Å². The summed E-state index contributed by atoms with van der Waals surface area (Å²) in [5, 5.41) is 0.275. The highest BCUT2D eigenvalue weighted by molar-refractivity contribution is 7.80. The van der Waals surface area contributed by atoms with Crippen molar-refractivity contribution in [3.8, 4) is 5.75 Å². The first-order chi connectivity index (χ1) is 10.6. The third kappa shape index (κ3) is 5.30. The molecule has 0 saturated carbocycles. The molecule has 2 rings (SSSR count). The maximum atomic E-state index is 11.3. The van der Waals surface area contributed by atoms with Crippen molar-refractivity contribution in [3.05, 3.63) is 66.2 Å². The number of carbonyl (C=O) groups is 1. The maximum Gasteiger partial charge on any atom is 0.303 e. The number of benzene rings is 2. The van der Waals surface area contributed by atoms with E-state index in [2.05, 4.69) is 0 Å². The maximum absolute atomic E-state index is 11.3. The summed E-state index contributed by atoms with van der Waals surface area (Å²) in [6, 6.07) is 19.3. The van der Waals surface area contributed by atoms with Crippen molar-refractivity contribution < 1.29 is 14.3 Å². The van der Waals surface area contributed by atoms with E-state index in [0.717, 1.165) is 6.42 Å². The highest BCUT2D eigenvalue weighted by Crippen LogP contribution is 2.15. The van der Waals surface area contributed by atoms with Crippen molar-refractivity contribution in [3.63, 3.8) is 0 Å². The molecular weight excluding hydrogens is 296 g/mol. The van der Waals surface area contributed by atoms with Gasteiger partial charge in [0.15, 0.2) is 6.10 Å². The van der Waals surface area contributed by atoms with Gasteiger partial charge in [0.2, 0.25) is 5.05 Å². The number of rotatable bonds is 6. The minimum Gasteiger partial charge on any atom is -0.453 e. The van der Waals surface area contributed by atoms with Gasteiger partial charge in [0, 0.05) is 6.92 Å². The molecule has 0 aliphatic rings. The van der Waals surface area contributed by atoms with Gasteiger partial charge >= 0.3 is 5.97 Å². The Balaban J connectivity index is 1.98. The Morgan fingerprint density at radius 3 is 2.23 bits per heavy atom. The monoisotopic (exact) mass is 314 g/mol. The molecule has 0 aliphatic carbocycles. The van der Waals surface area contributed by atoms with Gasteiger partial charge in [0.25, 0.3) is 0 Å². The molecule has 0 bridgehead atoms. The summed E-state index contributed by atoms with van der Waals surface area (Å²) < 4.78 is 10.9. The molecular formula is C18H18O3S. The van der Waals surface area contributed by atoms with Crippen LogP contribution < -0.4 is 4.74 Å². The van der Waals surface area contributed by atoms with Gasteiger partial charge in [-0.3, -0.25) is 4.79 Å². The number of ether oxygens (including phenoxy) is 2. The first-order valence-electron chi connectivity index (χ1n) is 7.13. The summed E-state index contributed by atoms with van der Waals surface area (Å²) in [5.41, 5.74) is 1.17. The molecule has 0 spiro atoms. The van der Waals surface area contributed by atoms with Crippen LogP contribution in [0.5, 0.6) is 5.75 Å². The Kier molecular flexibility index (Phi) is 6.10. The molecule has 0 fully saturated rings. The fourth-order valence-electron chi connectivity index (χ4n) is 2.04. The second kappa shape index (κ2) is 8.29. The van der Waals surface area contributed by atoms with E-state index in [1.54, 1.807) is 0 Å². The van der Waals surface area contributed by atoms with Crippen LogP contribution in [0.15, 0.2) is 60.7 Å². The molecule has 0 aromatic heterocycles. The topological polar surface area (TPSA) is 35.5 Å². The average molecular weight is 314 g/mol. The van der Waals surface area contributed by atoms with Crippen LogP contribution in [0, 0.1) is 0 Å². The van der Waals surface area contributed by atoms with Gasteiger partial charge in [-0.15, -0.1) is 0 Å². The lowest BCUT2D eigenvalue weighted by molar-refractivity contribution is -0.143. The molecule has 0 aliphatic heterocycles. The number of hydrogen-bond donors (Lipinski definition) is 0. The lowest BCUT2D eigenvalue weighted by atomic mass is 10.1. The first-order valence-corrected chi connectivity index (χ1v) is 7.54. The van der Waals surface area contributed by atoms with Crippen LogP contribution in [0.2, 0.25) is 0 Å². The van der Waals surface area contributed by atoms with Crippen molar-refractivity contribution in [2.45, 2.75) is 25.9 Å². The molecule has 0 N–H and O–H groups in total. The van der Waals surface area contributed by atoms with Gasteiger partial charge in [0.1, 0.15) is 5.75 Å². The first kappa shape index (κ1) is 16.2. The second-order valence-electron chi connectivity index (χ2n) is 4.86. The predicted octanol–water partition coefficient (Wildman–Crippen LogP) is 3.96. The normalized spacial score (nSPS) is 11.5. The lowest BCUT2D eigenvalue weighted by Crippen LogP contribution is -2.29. The van der Waals surface area contributed by atoms with Crippen molar-refractivity contribution in [2.75, 3.05) is 0 Å². The molecule has 4 heteroatoms. The van der Waals surface area contributed by atoms with Gasteiger partial charge in [-0.1, -0.05) is 48.5 Å². The molecule has 1 unspecified atom stereocenters. The number of carbonyl (C=O) groups excluding carboxylic acids is 1. The van der Waals surface area contributed by atoms with Crippen LogP contribution in [0.1, 0.15) is 18.9 Å². The van der Waals surface area contributed by atoms with Crippen molar-refractivity contribution in [1.82, 2.24) is 0 Å². The van der Waals surface area contributed by atoms with Crippen molar-refractivity contribution in [2.24, 2.45) is 0 Å². The predicted molar refractivity (Wildman–Crippen MR) is 90.0 cm³/mol. The smallest absolute Gasteiger partial charge is 0.303 e. The highest BCUT2D eigenvalue weighted by Gasteiger charge is 2.20. The third-order valence-electron chi connectivity index (χ3n) is 3.07. The Bertz CT molecular complexity index is 611. The number of aryl methyl sites for hydroxylation is 1. The van der Waals surface area contributed by atoms with Gasteiger partial charge in [-0.05, 0) is 42.8 Å². The molecule has 22 heavy (non-hydrogen) atoms. The Morgan fingerprint density at radius 1 is 1.05 bits per heavy atom. The summed E-state index contributed by atoms with van der Waals surface area (Å²) in [6.45, 7) is 1.38. The van der Waals surface area contributed by atoms with Gasteiger partial charge in [-0.25, -0.2) is 0 Å². The average Bonchev–Trinajstić information content (AvgIpc) is 2.53. The van der Waals surface area contributed by atoms with Crippen molar-refractivity contribution in [1.29, 1.82) is 0 Å². The Morgan fingerprint density at radius 2 is 1.64 bits per heavy atom. The fourth-order valence-corrected chi connectivity index (χ4v) is 2.30. The molecule has 0 heterocycles. The van der Waals surface area contributed by atoms with Crippen LogP contribution in [0.3, 0.4) is 0 Å². The molecule has 114 valence electrons. The molecule has 1 atom stereocenters. The van der Waals surface area contributed by atoms with Crippen LogP contribution in [-0.4, -0.2) is 17.1 Å². The van der Waals surface area contributed by atoms with Crippen LogP contribution in [0.25, 0.3) is 0 Å². The molecule has 3 nitrogen and oxygen atoms in total. The summed E-state index contributed by atoms with van der Waals surface area (Å²) in [7, 11) is 0. The minimum absolute atomic E-state index is 0.275. The zero-order valence-electron chi connectivity index (χ0n) is 12.4. The van der Waals surface area contributed by atoms with E-state index in [-0.39, 0.29) is 11.0 Å². The minimum atomic E-state index is -0.534. The van der Waals surface area contributed by atoms with Gasteiger partial charge < -0.3 is 9.47 Å². The fraction of sp³-hybridized carbons (Fsp3) is 0.222. The van der Waals surface area contributed by atoms with Gasteiger partial charge in [0.05, 0.1) is 0 Å². The molecule has 2 aromatic carbocycles. The lowest BCUT2D eigenvalue weighted by Gasteiger charge is -2.18. The number of hydrogen-bond acceptors (Lipinski definition) is 4. The summed E-state index contributed by atoms with van der Waals surface area (Å²) in [6.07, 6.45) is 0.819.